The Bertz CT molecular complexity index is 334. The van der Waals surface area contributed by atoms with E-state index in [4.69, 9.17) is 4.74 Å². The maximum absolute atomic E-state index is 5.22. The van der Waals surface area contributed by atoms with E-state index in [-0.39, 0.29) is 0 Å². The Morgan fingerprint density at radius 3 is 2.67 bits per heavy atom. The summed E-state index contributed by atoms with van der Waals surface area (Å²) in [5.41, 5.74) is 1.19. The highest BCUT2D eigenvalue weighted by Gasteiger charge is 2.17. The number of halogens is 1. The number of methoxy groups -OCH3 is 1. The van der Waals surface area contributed by atoms with Crippen molar-refractivity contribution in [3.05, 3.63) is 22.3 Å². The number of aromatic nitrogens is 1. The summed E-state index contributed by atoms with van der Waals surface area (Å²) in [6, 6.07) is 4.15. The third-order valence-electron chi connectivity index (χ3n) is 3.05. The zero-order valence-corrected chi connectivity index (χ0v) is 10.6. The average molecular weight is 270 g/mol. The number of hydrogen-bond donors (Lipinski definition) is 0. The molecule has 2 rings (SSSR count). The number of pyridine rings is 1. The third kappa shape index (κ3) is 2.51. The minimum atomic E-state index is 0.640. The minimum Gasteiger partial charge on any atom is -0.480 e. The molecule has 1 aromatic heterocycles. The van der Waals surface area contributed by atoms with Crippen molar-refractivity contribution in [3.63, 3.8) is 0 Å². The van der Waals surface area contributed by atoms with Crippen molar-refractivity contribution in [1.82, 2.24) is 4.98 Å². The average Bonchev–Trinajstić information content (AvgIpc) is 2.31. The van der Waals surface area contributed by atoms with E-state index in [2.05, 4.69) is 27.0 Å². The lowest BCUT2D eigenvalue weighted by Gasteiger charge is -2.21. The van der Waals surface area contributed by atoms with E-state index in [1.165, 1.54) is 37.8 Å². The monoisotopic (exact) mass is 269 g/mol. The van der Waals surface area contributed by atoms with E-state index in [1.54, 1.807) is 7.11 Å². The molecule has 1 aliphatic rings. The molecule has 0 unspecified atom stereocenters. The molecule has 3 heteroatoms. The quantitative estimate of drug-likeness (QED) is 0.813. The Morgan fingerprint density at radius 1 is 1.27 bits per heavy atom. The molecule has 1 fully saturated rings. The fourth-order valence-corrected chi connectivity index (χ4v) is 2.59. The predicted molar refractivity (Wildman–Crippen MR) is 64.3 cm³/mol. The van der Waals surface area contributed by atoms with E-state index in [1.807, 2.05) is 6.07 Å². The van der Waals surface area contributed by atoms with Crippen LogP contribution in [0.1, 0.15) is 43.7 Å². The Balaban J connectivity index is 2.20. The van der Waals surface area contributed by atoms with Crippen LogP contribution in [0.15, 0.2) is 16.6 Å². The van der Waals surface area contributed by atoms with E-state index < -0.39 is 0 Å². The van der Waals surface area contributed by atoms with Gasteiger partial charge in [-0.25, -0.2) is 4.98 Å². The van der Waals surface area contributed by atoms with Crippen molar-refractivity contribution in [3.8, 4) is 5.88 Å². The maximum Gasteiger partial charge on any atom is 0.227 e. The zero-order chi connectivity index (χ0) is 10.7. The lowest BCUT2D eigenvalue weighted by atomic mass is 9.87. The third-order valence-corrected chi connectivity index (χ3v) is 3.66. The first-order valence-corrected chi connectivity index (χ1v) is 6.31. The van der Waals surface area contributed by atoms with Crippen LogP contribution < -0.4 is 4.74 Å². The molecular weight excluding hydrogens is 254 g/mol. The summed E-state index contributed by atoms with van der Waals surface area (Å²) in [6.45, 7) is 0. The van der Waals surface area contributed by atoms with Gasteiger partial charge in [0, 0.05) is 11.6 Å². The van der Waals surface area contributed by atoms with Gasteiger partial charge in [0.2, 0.25) is 5.88 Å². The fourth-order valence-electron chi connectivity index (χ4n) is 2.21. The molecule has 2 nitrogen and oxygen atoms in total. The van der Waals surface area contributed by atoms with Crippen LogP contribution in [-0.4, -0.2) is 12.1 Å². The molecule has 15 heavy (non-hydrogen) atoms. The van der Waals surface area contributed by atoms with Gasteiger partial charge in [0.25, 0.3) is 0 Å². The second-order valence-electron chi connectivity index (χ2n) is 4.06. The van der Waals surface area contributed by atoms with Gasteiger partial charge in [-0.3, -0.25) is 0 Å². The summed E-state index contributed by atoms with van der Waals surface area (Å²) in [5, 5.41) is 0. The molecule has 0 saturated heterocycles. The highest BCUT2D eigenvalue weighted by atomic mass is 79.9. The maximum atomic E-state index is 5.22. The summed E-state index contributed by atoms with van der Waals surface area (Å²) < 4.78 is 6.15. The van der Waals surface area contributed by atoms with Crippen molar-refractivity contribution in [2.24, 2.45) is 0 Å². The second-order valence-corrected chi connectivity index (χ2v) is 4.92. The number of nitrogens with zero attached hydrogens (tertiary/aromatic N) is 1. The van der Waals surface area contributed by atoms with Gasteiger partial charge in [-0.1, -0.05) is 19.3 Å². The Morgan fingerprint density at radius 2 is 2.00 bits per heavy atom. The topological polar surface area (TPSA) is 22.1 Å². The predicted octanol–water partition coefficient (Wildman–Crippen LogP) is 3.90. The molecule has 1 heterocycles. The van der Waals surface area contributed by atoms with Gasteiger partial charge in [0.15, 0.2) is 0 Å². The molecule has 0 bridgehead atoms. The Labute approximate surface area is 99.2 Å². The highest BCUT2D eigenvalue weighted by Crippen LogP contribution is 2.33. The molecule has 0 aromatic carbocycles. The molecule has 0 radical (unpaired) electrons. The van der Waals surface area contributed by atoms with Crippen molar-refractivity contribution in [2.75, 3.05) is 7.11 Å². The van der Waals surface area contributed by atoms with Gasteiger partial charge >= 0.3 is 0 Å². The van der Waals surface area contributed by atoms with Crippen LogP contribution in [0.3, 0.4) is 0 Å². The largest absolute Gasteiger partial charge is 0.480 e. The summed E-state index contributed by atoms with van der Waals surface area (Å²) in [5.74, 6) is 1.35. The van der Waals surface area contributed by atoms with E-state index in [0.717, 1.165) is 4.47 Å². The highest BCUT2D eigenvalue weighted by molar-refractivity contribution is 9.10. The molecule has 0 atom stereocenters. The van der Waals surface area contributed by atoms with Crippen molar-refractivity contribution >= 4 is 15.9 Å². The summed E-state index contributed by atoms with van der Waals surface area (Å²) in [4.78, 5) is 4.55. The molecule has 1 aromatic rings. The molecule has 0 N–H and O–H groups in total. The van der Waals surface area contributed by atoms with Crippen LogP contribution in [0.2, 0.25) is 0 Å². The van der Waals surface area contributed by atoms with E-state index in [0.29, 0.717) is 11.8 Å². The first-order chi connectivity index (χ1) is 7.31. The number of hydrogen-bond acceptors (Lipinski definition) is 2. The lowest BCUT2D eigenvalue weighted by molar-refractivity contribution is 0.385. The zero-order valence-electron chi connectivity index (χ0n) is 9.00. The summed E-state index contributed by atoms with van der Waals surface area (Å²) in [7, 11) is 1.66. The number of ether oxygens (including phenoxy) is 1. The summed E-state index contributed by atoms with van der Waals surface area (Å²) >= 11 is 3.43. The van der Waals surface area contributed by atoms with Crippen molar-refractivity contribution in [1.29, 1.82) is 0 Å². The van der Waals surface area contributed by atoms with Crippen LogP contribution >= 0.6 is 15.9 Å². The fraction of sp³-hybridized carbons (Fsp3) is 0.583. The Hall–Kier alpha value is -0.570. The van der Waals surface area contributed by atoms with Crippen molar-refractivity contribution in [2.45, 2.75) is 38.0 Å². The first kappa shape index (κ1) is 10.9. The van der Waals surface area contributed by atoms with Gasteiger partial charge < -0.3 is 4.74 Å². The van der Waals surface area contributed by atoms with Gasteiger partial charge in [0.1, 0.15) is 0 Å². The first-order valence-electron chi connectivity index (χ1n) is 5.51. The normalized spacial score (nSPS) is 17.7. The van der Waals surface area contributed by atoms with Crippen molar-refractivity contribution < 1.29 is 4.74 Å². The minimum absolute atomic E-state index is 0.640. The summed E-state index contributed by atoms with van der Waals surface area (Å²) in [6.07, 6.45) is 6.61. The van der Waals surface area contributed by atoms with E-state index >= 15 is 0 Å². The van der Waals surface area contributed by atoms with Gasteiger partial charge in [-0.05, 0) is 40.9 Å². The van der Waals surface area contributed by atoms with Crippen LogP contribution in [-0.2, 0) is 0 Å². The number of rotatable bonds is 2. The van der Waals surface area contributed by atoms with E-state index in [9.17, 15) is 0 Å². The molecule has 1 aliphatic carbocycles. The SMILES string of the molecule is COc1nc(C2CCCCC2)ccc1Br. The van der Waals surface area contributed by atoms with Crippen LogP contribution in [0.4, 0.5) is 0 Å². The molecule has 0 aliphatic heterocycles. The molecule has 82 valence electrons. The van der Waals surface area contributed by atoms with Crippen LogP contribution in [0.5, 0.6) is 5.88 Å². The van der Waals surface area contributed by atoms with Gasteiger partial charge in [-0.2, -0.15) is 0 Å². The molecule has 0 spiro atoms. The van der Waals surface area contributed by atoms with Crippen LogP contribution in [0.25, 0.3) is 0 Å². The smallest absolute Gasteiger partial charge is 0.227 e. The molecule has 1 saturated carbocycles. The standard InChI is InChI=1S/C12H16BrNO/c1-15-12-10(13)7-8-11(14-12)9-5-3-2-4-6-9/h7-9H,2-6H2,1H3. The van der Waals surface area contributed by atoms with Gasteiger partial charge in [-0.15, -0.1) is 0 Å². The molecular formula is C12H16BrNO. The second kappa shape index (κ2) is 4.97. The molecule has 0 amide bonds. The van der Waals surface area contributed by atoms with Crippen LogP contribution in [0, 0.1) is 0 Å². The van der Waals surface area contributed by atoms with Gasteiger partial charge in [0.05, 0.1) is 11.6 Å². The lowest BCUT2D eigenvalue weighted by Crippen LogP contribution is -2.07. The Kier molecular flexibility index (Phi) is 3.62.